The summed E-state index contributed by atoms with van der Waals surface area (Å²) in [6.45, 7) is 6.60. The first-order valence-corrected chi connectivity index (χ1v) is 6.59. The minimum absolute atomic E-state index is 0.0579. The maximum Gasteiger partial charge on any atom is 0.224 e. The molecule has 0 aliphatic rings. The van der Waals surface area contributed by atoms with E-state index < -0.39 is 0 Å². The van der Waals surface area contributed by atoms with Crippen molar-refractivity contribution in [2.24, 2.45) is 17.6 Å². The van der Waals surface area contributed by atoms with Gasteiger partial charge in [-0.1, -0.05) is 44.2 Å². The topological polar surface area (TPSA) is 55.1 Å². The summed E-state index contributed by atoms with van der Waals surface area (Å²) in [6, 6.07) is 10.2. The van der Waals surface area contributed by atoms with Gasteiger partial charge in [0.1, 0.15) is 0 Å². The zero-order valence-electron chi connectivity index (χ0n) is 11.5. The first-order chi connectivity index (χ1) is 8.54. The van der Waals surface area contributed by atoms with E-state index in [-0.39, 0.29) is 17.9 Å². The van der Waals surface area contributed by atoms with Crippen molar-refractivity contribution in [1.29, 1.82) is 0 Å². The molecule has 0 aliphatic heterocycles. The molecular formula is C15H24N2O. The summed E-state index contributed by atoms with van der Waals surface area (Å²) in [5.41, 5.74) is 6.87. The maximum absolute atomic E-state index is 12.1. The highest BCUT2D eigenvalue weighted by Crippen LogP contribution is 2.09. The molecule has 0 radical (unpaired) electrons. The summed E-state index contributed by atoms with van der Waals surface area (Å²) in [5.74, 6) is 0.347. The van der Waals surface area contributed by atoms with Crippen molar-refractivity contribution in [2.75, 3.05) is 6.54 Å². The Kier molecular flexibility index (Phi) is 5.86. The molecule has 2 unspecified atom stereocenters. The second kappa shape index (κ2) is 7.17. The fourth-order valence-electron chi connectivity index (χ4n) is 1.69. The summed E-state index contributed by atoms with van der Waals surface area (Å²) in [7, 11) is 0. The first-order valence-electron chi connectivity index (χ1n) is 6.59. The Labute approximate surface area is 110 Å². The molecule has 100 valence electrons. The fraction of sp³-hybridized carbons (Fsp3) is 0.533. The Bertz CT molecular complexity index is 362. The second-order valence-corrected chi connectivity index (χ2v) is 5.16. The largest absolute Gasteiger partial charge is 0.353 e. The van der Waals surface area contributed by atoms with Crippen LogP contribution in [0.3, 0.4) is 0 Å². The SMILES string of the molecule is CC(C)C(C)NC(=O)C(CN)Cc1ccccc1. The van der Waals surface area contributed by atoms with Gasteiger partial charge in [-0.2, -0.15) is 0 Å². The third-order valence-electron chi connectivity index (χ3n) is 3.35. The lowest BCUT2D eigenvalue weighted by Crippen LogP contribution is -2.42. The highest BCUT2D eigenvalue weighted by atomic mass is 16.1. The highest BCUT2D eigenvalue weighted by molar-refractivity contribution is 5.79. The number of nitrogens with two attached hydrogens (primary N) is 1. The van der Waals surface area contributed by atoms with Crippen molar-refractivity contribution in [3.05, 3.63) is 35.9 Å². The first kappa shape index (κ1) is 14.7. The van der Waals surface area contributed by atoms with Crippen LogP contribution in [0.5, 0.6) is 0 Å². The molecule has 3 N–H and O–H groups in total. The Morgan fingerprint density at radius 3 is 2.33 bits per heavy atom. The number of nitrogens with one attached hydrogen (secondary N) is 1. The summed E-state index contributed by atoms with van der Waals surface area (Å²) < 4.78 is 0. The molecule has 0 bridgehead atoms. The lowest BCUT2D eigenvalue weighted by molar-refractivity contribution is -0.125. The molecule has 3 nitrogen and oxygen atoms in total. The molecular weight excluding hydrogens is 224 g/mol. The molecule has 0 heterocycles. The van der Waals surface area contributed by atoms with Crippen LogP contribution in [0.4, 0.5) is 0 Å². The zero-order chi connectivity index (χ0) is 13.5. The molecule has 3 heteroatoms. The Morgan fingerprint density at radius 1 is 1.22 bits per heavy atom. The maximum atomic E-state index is 12.1. The fourth-order valence-corrected chi connectivity index (χ4v) is 1.69. The summed E-state index contributed by atoms with van der Waals surface area (Å²) in [5, 5.41) is 3.03. The number of carbonyl (C=O) groups excluding carboxylic acids is 1. The molecule has 0 aliphatic carbocycles. The monoisotopic (exact) mass is 248 g/mol. The van der Waals surface area contributed by atoms with E-state index in [2.05, 4.69) is 19.2 Å². The van der Waals surface area contributed by atoms with Gasteiger partial charge >= 0.3 is 0 Å². The van der Waals surface area contributed by atoms with Crippen molar-refractivity contribution in [1.82, 2.24) is 5.32 Å². The standard InChI is InChI=1S/C15H24N2O/c1-11(2)12(3)17-15(18)14(10-16)9-13-7-5-4-6-8-13/h4-8,11-12,14H,9-10,16H2,1-3H3,(H,17,18). The van der Waals surface area contributed by atoms with Gasteiger partial charge in [-0.3, -0.25) is 4.79 Å². The molecule has 0 spiro atoms. The van der Waals surface area contributed by atoms with Gasteiger partial charge in [0.15, 0.2) is 0 Å². The van der Waals surface area contributed by atoms with Crippen molar-refractivity contribution >= 4 is 5.91 Å². The molecule has 0 saturated heterocycles. The zero-order valence-corrected chi connectivity index (χ0v) is 11.5. The molecule has 0 fully saturated rings. The molecule has 1 aromatic rings. The second-order valence-electron chi connectivity index (χ2n) is 5.16. The van der Waals surface area contributed by atoms with Gasteiger partial charge in [-0.05, 0) is 24.8 Å². The molecule has 1 amide bonds. The normalized spacial score (nSPS) is 14.3. The van der Waals surface area contributed by atoms with E-state index in [0.717, 1.165) is 5.56 Å². The van der Waals surface area contributed by atoms with Crippen molar-refractivity contribution < 1.29 is 4.79 Å². The lowest BCUT2D eigenvalue weighted by Gasteiger charge is -2.21. The van der Waals surface area contributed by atoms with Gasteiger partial charge < -0.3 is 11.1 Å². The van der Waals surface area contributed by atoms with Crippen LogP contribution in [-0.2, 0) is 11.2 Å². The molecule has 1 aromatic carbocycles. The Hall–Kier alpha value is -1.35. The summed E-state index contributed by atoms with van der Waals surface area (Å²) in [6.07, 6.45) is 0.702. The van der Waals surface area contributed by atoms with Gasteiger partial charge in [0.05, 0.1) is 5.92 Å². The third kappa shape index (κ3) is 4.49. The van der Waals surface area contributed by atoms with E-state index in [1.165, 1.54) is 0 Å². The van der Waals surface area contributed by atoms with Crippen LogP contribution in [0.25, 0.3) is 0 Å². The molecule has 2 atom stereocenters. The number of hydrogen-bond donors (Lipinski definition) is 2. The number of rotatable bonds is 6. The van der Waals surface area contributed by atoms with Crippen LogP contribution in [0.1, 0.15) is 26.3 Å². The van der Waals surface area contributed by atoms with Crippen LogP contribution in [0.2, 0.25) is 0 Å². The lowest BCUT2D eigenvalue weighted by atomic mass is 9.97. The predicted molar refractivity (Wildman–Crippen MR) is 75.1 cm³/mol. The van der Waals surface area contributed by atoms with E-state index >= 15 is 0 Å². The van der Waals surface area contributed by atoms with Crippen LogP contribution in [0.15, 0.2) is 30.3 Å². The summed E-state index contributed by atoms with van der Waals surface area (Å²) >= 11 is 0. The highest BCUT2D eigenvalue weighted by Gasteiger charge is 2.19. The summed E-state index contributed by atoms with van der Waals surface area (Å²) in [4.78, 5) is 12.1. The van der Waals surface area contributed by atoms with Gasteiger partial charge in [0, 0.05) is 12.6 Å². The number of benzene rings is 1. The number of amides is 1. The van der Waals surface area contributed by atoms with Crippen LogP contribution in [0, 0.1) is 11.8 Å². The van der Waals surface area contributed by atoms with Gasteiger partial charge in [0.2, 0.25) is 5.91 Å². The minimum atomic E-state index is -0.145. The Balaban J connectivity index is 2.58. The van der Waals surface area contributed by atoms with Crippen molar-refractivity contribution in [2.45, 2.75) is 33.2 Å². The van der Waals surface area contributed by atoms with Gasteiger partial charge in [-0.15, -0.1) is 0 Å². The minimum Gasteiger partial charge on any atom is -0.353 e. The van der Waals surface area contributed by atoms with Crippen molar-refractivity contribution in [3.63, 3.8) is 0 Å². The van der Waals surface area contributed by atoms with E-state index in [9.17, 15) is 4.79 Å². The van der Waals surface area contributed by atoms with Crippen molar-refractivity contribution in [3.8, 4) is 0 Å². The van der Waals surface area contributed by atoms with E-state index in [4.69, 9.17) is 5.73 Å². The van der Waals surface area contributed by atoms with Gasteiger partial charge in [-0.25, -0.2) is 0 Å². The van der Waals surface area contributed by atoms with Crippen LogP contribution >= 0.6 is 0 Å². The predicted octanol–water partition coefficient (Wildman–Crippen LogP) is 1.96. The molecule has 18 heavy (non-hydrogen) atoms. The number of carbonyl (C=O) groups is 1. The molecule has 0 aromatic heterocycles. The average Bonchev–Trinajstić information content (AvgIpc) is 2.36. The quantitative estimate of drug-likeness (QED) is 0.808. The average molecular weight is 248 g/mol. The molecule has 1 rings (SSSR count). The van der Waals surface area contributed by atoms with Gasteiger partial charge in [0.25, 0.3) is 0 Å². The van der Waals surface area contributed by atoms with E-state index in [0.29, 0.717) is 18.9 Å². The molecule has 0 saturated carbocycles. The smallest absolute Gasteiger partial charge is 0.224 e. The van der Waals surface area contributed by atoms with Crippen LogP contribution < -0.4 is 11.1 Å². The van der Waals surface area contributed by atoms with Crippen LogP contribution in [-0.4, -0.2) is 18.5 Å². The third-order valence-corrected chi connectivity index (χ3v) is 3.35. The van der Waals surface area contributed by atoms with E-state index in [1.54, 1.807) is 0 Å². The Morgan fingerprint density at radius 2 is 1.83 bits per heavy atom. The van der Waals surface area contributed by atoms with E-state index in [1.807, 2.05) is 37.3 Å². The number of hydrogen-bond acceptors (Lipinski definition) is 2.